The van der Waals surface area contributed by atoms with Gasteiger partial charge in [0.25, 0.3) is 0 Å². The average molecular weight is 349 g/mol. The van der Waals surface area contributed by atoms with Crippen molar-refractivity contribution in [3.63, 3.8) is 0 Å². The van der Waals surface area contributed by atoms with Crippen molar-refractivity contribution in [2.75, 3.05) is 5.32 Å². The van der Waals surface area contributed by atoms with Crippen molar-refractivity contribution in [1.82, 2.24) is 4.98 Å². The second-order valence-electron chi connectivity index (χ2n) is 6.55. The Morgan fingerprint density at radius 2 is 2.09 bits per heavy atom. The number of amides is 1. The SMILES string of the molecule is CC1(C)CC(=O)c2sc(NC(=O)Cc3ccccc3Cl)nc2C1. The number of rotatable bonds is 3. The van der Waals surface area contributed by atoms with E-state index in [1.165, 1.54) is 11.3 Å². The van der Waals surface area contributed by atoms with Gasteiger partial charge in [-0.1, -0.05) is 55.0 Å². The molecule has 0 fully saturated rings. The van der Waals surface area contributed by atoms with Gasteiger partial charge >= 0.3 is 0 Å². The number of thiazole rings is 1. The predicted molar refractivity (Wildman–Crippen MR) is 92.3 cm³/mol. The maximum Gasteiger partial charge on any atom is 0.230 e. The number of fused-ring (bicyclic) bond motifs is 1. The van der Waals surface area contributed by atoms with Crippen LogP contribution in [0.4, 0.5) is 5.13 Å². The largest absolute Gasteiger partial charge is 0.302 e. The van der Waals surface area contributed by atoms with Crippen molar-refractivity contribution in [2.24, 2.45) is 5.41 Å². The van der Waals surface area contributed by atoms with Crippen LogP contribution < -0.4 is 5.32 Å². The quantitative estimate of drug-likeness (QED) is 0.907. The van der Waals surface area contributed by atoms with E-state index in [1.807, 2.05) is 18.2 Å². The summed E-state index contributed by atoms with van der Waals surface area (Å²) in [5.74, 6) is -0.0729. The van der Waals surface area contributed by atoms with E-state index in [0.717, 1.165) is 17.7 Å². The minimum Gasteiger partial charge on any atom is -0.302 e. The monoisotopic (exact) mass is 348 g/mol. The lowest BCUT2D eigenvalue weighted by Crippen LogP contribution is -2.26. The second kappa shape index (κ2) is 6.06. The lowest BCUT2D eigenvalue weighted by molar-refractivity contribution is -0.115. The standard InChI is InChI=1S/C17H17ClN2O2S/c1-17(2)8-12-15(13(21)9-17)23-16(19-12)20-14(22)7-10-5-3-4-6-11(10)18/h3-6H,7-9H2,1-2H3,(H,19,20,22). The molecule has 6 heteroatoms. The molecule has 120 valence electrons. The molecule has 23 heavy (non-hydrogen) atoms. The van der Waals surface area contributed by atoms with E-state index in [0.29, 0.717) is 21.5 Å². The highest BCUT2D eigenvalue weighted by molar-refractivity contribution is 7.17. The number of ketones is 1. The maximum atomic E-state index is 12.2. The third-order valence-electron chi connectivity index (χ3n) is 3.79. The lowest BCUT2D eigenvalue weighted by atomic mass is 9.78. The molecule has 4 nitrogen and oxygen atoms in total. The molecule has 1 aliphatic carbocycles. The molecule has 0 saturated heterocycles. The van der Waals surface area contributed by atoms with Gasteiger partial charge in [-0.05, 0) is 23.5 Å². The van der Waals surface area contributed by atoms with E-state index < -0.39 is 0 Å². The van der Waals surface area contributed by atoms with Gasteiger partial charge in [0.2, 0.25) is 5.91 Å². The summed E-state index contributed by atoms with van der Waals surface area (Å²) in [5, 5.41) is 3.83. The second-order valence-corrected chi connectivity index (χ2v) is 7.96. The Morgan fingerprint density at radius 3 is 2.83 bits per heavy atom. The molecule has 1 amide bonds. The Balaban J connectivity index is 1.73. The van der Waals surface area contributed by atoms with Crippen molar-refractivity contribution in [1.29, 1.82) is 0 Å². The van der Waals surface area contributed by atoms with Crippen molar-refractivity contribution >= 4 is 39.8 Å². The summed E-state index contributed by atoms with van der Waals surface area (Å²) < 4.78 is 0. The fraction of sp³-hybridized carbons (Fsp3) is 0.353. The van der Waals surface area contributed by atoms with Gasteiger partial charge in [0.15, 0.2) is 10.9 Å². The van der Waals surface area contributed by atoms with Crippen LogP contribution in [0.3, 0.4) is 0 Å². The number of halogens is 1. The number of anilines is 1. The topological polar surface area (TPSA) is 59.1 Å². The number of Topliss-reactive ketones (excluding diaryl/α,β-unsaturated/α-hetero) is 1. The van der Waals surface area contributed by atoms with Gasteiger partial charge in [-0.2, -0.15) is 0 Å². The molecule has 0 unspecified atom stereocenters. The summed E-state index contributed by atoms with van der Waals surface area (Å²) in [5.41, 5.74) is 1.49. The van der Waals surface area contributed by atoms with Gasteiger partial charge in [-0.3, -0.25) is 9.59 Å². The van der Waals surface area contributed by atoms with E-state index in [4.69, 9.17) is 11.6 Å². The highest BCUT2D eigenvalue weighted by atomic mass is 35.5. The molecular formula is C17H17ClN2O2S. The van der Waals surface area contributed by atoms with E-state index in [1.54, 1.807) is 6.07 Å². The van der Waals surface area contributed by atoms with Crippen LogP contribution in [0.15, 0.2) is 24.3 Å². The zero-order chi connectivity index (χ0) is 16.6. The highest BCUT2D eigenvalue weighted by Gasteiger charge is 2.34. The molecule has 1 heterocycles. The van der Waals surface area contributed by atoms with Gasteiger partial charge in [0.1, 0.15) is 0 Å². The molecule has 0 atom stereocenters. The van der Waals surface area contributed by atoms with Gasteiger partial charge in [0.05, 0.1) is 17.0 Å². The van der Waals surface area contributed by atoms with Crippen LogP contribution in [0.2, 0.25) is 5.02 Å². The smallest absolute Gasteiger partial charge is 0.230 e. The summed E-state index contributed by atoms with van der Waals surface area (Å²) in [4.78, 5) is 29.5. The predicted octanol–water partition coefficient (Wildman–Crippen LogP) is 4.13. The minimum atomic E-state index is -0.184. The van der Waals surface area contributed by atoms with Crippen molar-refractivity contribution in [2.45, 2.75) is 33.1 Å². The van der Waals surface area contributed by atoms with Crippen molar-refractivity contribution < 1.29 is 9.59 Å². The number of carbonyl (C=O) groups is 2. The highest BCUT2D eigenvalue weighted by Crippen LogP contribution is 2.38. The number of benzene rings is 1. The number of nitrogens with one attached hydrogen (secondary N) is 1. The first-order valence-electron chi connectivity index (χ1n) is 7.40. The molecule has 1 aromatic heterocycles. The van der Waals surface area contributed by atoms with Crippen molar-refractivity contribution in [3.8, 4) is 0 Å². The molecule has 0 bridgehead atoms. The Labute approximate surface area is 143 Å². The molecule has 0 spiro atoms. The maximum absolute atomic E-state index is 12.2. The number of carbonyl (C=O) groups excluding carboxylic acids is 2. The first-order valence-corrected chi connectivity index (χ1v) is 8.60. The molecule has 2 aromatic rings. The minimum absolute atomic E-state index is 0.0724. The summed E-state index contributed by atoms with van der Waals surface area (Å²) >= 11 is 7.33. The summed E-state index contributed by atoms with van der Waals surface area (Å²) in [6, 6.07) is 7.25. The fourth-order valence-corrected chi connectivity index (χ4v) is 3.89. The zero-order valence-electron chi connectivity index (χ0n) is 13.0. The first-order chi connectivity index (χ1) is 10.8. The lowest BCUT2D eigenvalue weighted by Gasteiger charge is -2.26. The summed E-state index contributed by atoms with van der Waals surface area (Å²) in [6.07, 6.45) is 1.46. The third kappa shape index (κ3) is 3.62. The van der Waals surface area contributed by atoms with E-state index in [9.17, 15) is 9.59 Å². The number of hydrogen-bond donors (Lipinski definition) is 1. The van der Waals surface area contributed by atoms with Gasteiger partial charge in [0, 0.05) is 11.4 Å². The summed E-state index contributed by atoms with van der Waals surface area (Å²) in [6.45, 7) is 4.12. The Morgan fingerprint density at radius 1 is 1.35 bits per heavy atom. The van der Waals surface area contributed by atoms with Crippen LogP contribution >= 0.6 is 22.9 Å². The molecular weight excluding hydrogens is 332 g/mol. The van der Waals surface area contributed by atoms with E-state index in [2.05, 4.69) is 24.1 Å². The van der Waals surface area contributed by atoms with Crippen LogP contribution in [-0.4, -0.2) is 16.7 Å². The van der Waals surface area contributed by atoms with Gasteiger partial charge in [-0.15, -0.1) is 0 Å². The molecule has 0 aliphatic heterocycles. The van der Waals surface area contributed by atoms with Crippen molar-refractivity contribution in [3.05, 3.63) is 45.4 Å². The van der Waals surface area contributed by atoms with Crippen LogP contribution in [0.1, 0.15) is 41.2 Å². The molecule has 1 aromatic carbocycles. The number of hydrogen-bond acceptors (Lipinski definition) is 4. The van der Waals surface area contributed by atoms with E-state index >= 15 is 0 Å². The Hall–Kier alpha value is -1.72. The Kier molecular flexibility index (Phi) is 4.25. The van der Waals surface area contributed by atoms with Gasteiger partial charge < -0.3 is 5.32 Å². The Bertz CT molecular complexity index is 783. The normalized spacial score (nSPS) is 16.0. The summed E-state index contributed by atoms with van der Waals surface area (Å²) in [7, 11) is 0. The molecule has 3 rings (SSSR count). The molecule has 0 radical (unpaired) electrons. The van der Waals surface area contributed by atoms with Crippen LogP contribution in [0.25, 0.3) is 0 Å². The molecule has 1 aliphatic rings. The molecule has 0 saturated carbocycles. The molecule has 1 N–H and O–H groups in total. The van der Waals surface area contributed by atoms with Crippen LogP contribution in [-0.2, 0) is 17.6 Å². The average Bonchev–Trinajstić information content (AvgIpc) is 2.82. The number of nitrogens with zero attached hydrogens (tertiary/aromatic N) is 1. The van der Waals surface area contributed by atoms with E-state index in [-0.39, 0.29) is 23.5 Å². The van der Waals surface area contributed by atoms with Gasteiger partial charge in [-0.25, -0.2) is 4.98 Å². The zero-order valence-corrected chi connectivity index (χ0v) is 14.6. The fourth-order valence-electron chi connectivity index (χ4n) is 2.75. The first kappa shape index (κ1) is 16.1. The van der Waals surface area contributed by atoms with Crippen LogP contribution in [0, 0.1) is 5.41 Å². The van der Waals surface area contributed by atoms with Crippen LogP contribution in [0.5, 0.6) is 0 Å². The third-order valence-corrected chi connectivity index (χ3v) is 5.21. The number of aromatic nitrogens is 1.